The van der Waals surface area contributed by atoms with Gasteiger partial charge < -0.3 is 10.2 Å². The number of aryl methyl sites for hydroxylation is 1. The van der Waals surface area contributed by atoms with Gasteiger partial charge in [-0.25, -0.2) is 0 Å². The van der Waals surface area contributed by atoms with E-state index in [0.717, 1.165) is 43.7 Å². The number of fused-ring (bicyclic) bond motifs is 1. The highest BCUT2D eigenvalue weighted by Crippen LogP contribution is 2.20. The number of anilines is 1. The number of nitrogens with zero attached hydrogens (tertiary/aromatic N) is 2. The molecule has 0 fully saturated rings. The number of pyridine rings is 1. The van der Waals surface area contributed by atoms with Gasteiger partial charge in [0, 0.05) is 55.6 Å². The van der Waals surface area contributed by atoms with E-state index in [1.54, 1.807) is 0 Å². The van der Waals surface area contributed by atoms with E-state index in [2.05, 4.69) is 106 Å². The summed E-state index contributed by atoms with van der Waals surface area (Å²) in [6, 6.07) is 19.5. The molecule has 33 heavy (non-hydrogen) atoms. The highest BCUT2D eigenvalue weighted by molar-refractivity contribution is 7.94. The topological polar surface area (TPSA) is 48.6 Å². The van der Waals surface area contributed by atoms with Crippen molar-refractivity contribution in [3.63, 3.8) is 0 Å². The van der Waals surface area contributed by atoms with Gasteiger partial charge in [-0.05, 0) is 42.2 Å². The molecule has 0 aliphatic carbocycles. The van der Waals surface area contributed by atoms with Crippen molar-refractivity contribution in [3.8, 4) is 0 Å². The van der Waals surface area contributed by atoms with Crippen LogP contribution < -0.4 is 14.7 Å². The van der Waals surface area contributed by atoms with Crippen molar-refractivity contribution < 1.29 is 19.2 Å². The molecule has 3 aromatic rings. The molecule has 1 heterocycles. The smallest absolute Gasteiger partial charge is 0.213 e. The molecule has 0 saturated heterocycles. The predicted molar refractivity (Wildman–Crippen MR) is 136 cm³/mol. The monoisotopic (exact) mass is 466 g/mol. The van der Waals surface area contributed by atoms with E-state index in [-0.39, 0.29) is 0 Å². The van der Waals surface area contributed by atoms with Crippen LogP contribution in [0.1, 0.15) is 50.2 Å². The molecular weight excluding hydrogens is 432 g/mol. The second-order valence-electron chi connectivity index (χ2n) is 8.20. The summed E-state index contributed by atoms with van der Waals surface area (Å²) in [7, 11) is 2.17. The molecular formula is C27H34N2O3S. The van der Waals surface area contributed by atoms with Crippen molar-refractivity contribution >= 4 is 40.8 Å². The Labute approximate surface area is 201 Å². The van der Waals surface area contributed by atoms with Crippen molar-refractivity contribution in [1.82, 2.24) is 0 Å². The number of unbranched alkanes of at least 4 members (excludes halogenated alkanes) is 3. The van der Waals surface area contributed by atoms with Crippen LogP contribution >= 0.6 is 12.0 Å². The molecule has 0 bridgehead atoms. The molecule has 0 aliphatic rings. The van der Waals surface area contributed by atoms with Crippen molar-refractivity contribution in [3.05, 3.63) is 71.9 Å². The predicted octanol–water partition coefficient (Wildman–Crippen LogP) is 5.58. The summed E-state index contributed by atoms with van der Waals surface area (Å²) in [6.45, 7) is 4.25. The Balaban J connectivity index is 1.65. The lowest BCUT2D eigenvalue weighted by Gasteiger charge is -2.19. The normalized spacial score (nSPS) is 11.5. The molecule has 2 aromatic carbocycles. The first-order chi connectivity index (χ1) is 16.2. The molecule has 3 rings (SSSR count). The number of aromatic nitrogens is 1. The van der Waals surface area contributed by atoms with Gasteiger partial charge in [-0.15, -0.1) is 0 Å². The Morgan fingerprint density at radius 2 is 1.79 bits per heavy atom. The molecule has 0 saturated carbocycles. The summed E-state index contributed by atoms with van der Waals surface area (Å²) in [5.41, 5.74) is 4.89. The third kappa shape index (κ3) is 7.86. The molecule has 0 atom stereocenters. The minimum Gasteiger partial charge on any atom is -0.691 e. The fraction of sp³-hybridized carbons (Fsp3) is 0.370. The second-order valence-corrected chi connectivity index (χ2v) is 8.98. The van der Waals surface area contributed by atoms with Gasteiger partial charge in [0.1, 0.15) is 6.54 Å². The molecule has 6 heteroatoms. The van der Waals surface area contributed by atoms with Gasteiger partial charge in [0.2, 0.25) is 5.52 Å². The lowest BCUT2D eigenvalue weighted by atomic mass is 10.1. The molecule has 0 N–H and O–H groups in total. The van der Waals surface area contributed by atoms with E-state index >= 15 is 0 Å². The Bertz CT molecular complexity index is 1010. The fourth-order valence-corrected chi connectivity index (χ4v) is 4.33. The SMILES string of the molecule is CCCCCN(C)c1ccc(C=Cc2cc[n+](CCCCSOO[O-])c3ccccc23)cc1. The number of hydrogen-bond acceptors (Lipinski definition) is 5. The van der Waals surface area contributed by atoms with E-state index < -0.39 is 0 Å². The Hall–Kier alpha value is -2.38. The minimum absolute atomic E-state index is 0.731. The van der Waals surface area contributed by atoms with Gasteiger partial charge in [-0.3, -0.25) is 5.04 Å². The van der Waals surface area contributed by atoms with Crippen molar-refractivity contribution in [2.45, 2.75) is 45.6 Å². The molecule has 0 unspecified atom stereocenters. The Morgan fingerprint density at radius 1 is 0.970 bits per heavy atom. The maximum atomic E-state index is 9.84. The first-order valence-electron chi connectivity index (χ1n) is 11.7. The van der Waals surface area contributed by atoms with Crippen LogP contribution in [-0.4, -0.2) is 19.3 Å². The van der Waals surface area contributed by atoms with Crippen LogP contribution in [0.2, 0.25) is 0 Å². The first-order valence-corrected chi connectivity index (χ1v) is 12.6. The fourth-order valence-electron chi connectivity index (χ4n) is 3.90. The van der Waals surface area contributed by atoms with Gasteiger partial charge in [-0.2, -0.15) is 8.90 Å². The van der Waals surface area contributed by atoms with E-state index in [1.165, 1.54) is 47.0 Å². The summed E-state index contributed by atoms with van der Waals surface area (Å²) in [6.07, 6.45) is 12.2. The van der Waals surface area contributed by atoms with Crippen molar-refractivity contribution in [2.24, 2.45) is 0 Å². The average molecular weight is 467 g/mol. The highest BCUT2D eigenvalue weighted by atomic mass is 32.2. The Kier molecular flexibility index (Phi) is 10.7. The van der Waals surface area contributed by atoms with Crippen molar-refractivity contribution in [1.29, 1.82) is 0 Å². The van der Waals surface area contributed by atoms with E-state index in [1.807, 2.05) is 0 Å². The quantitative estimate of drug-likeness (QED) is 0.102. The standard InChI is InChI=1S/C27H34N2O3S/c1-3-4-7-19-28(2)25-16-13-23(14-17-25)12-15-24-18-21-29(20-8-9-22-33-32-31-30)27-11-6-5-10-26(24)27/h5-6,10-18,21H,3-4,7-9,19-20,22H2,1-2H3. The van der Waals surface area contributed by atoms with E-state index in [0.29, 0.717) is 0 Å². The zero-order valence-corrected chi connectivity index (χ0v) is 20.4. The van der Waals surface area contributed by atoms with Gasteiger partial charge in [0.15, 0.2) is 6.20 Å². The summed E-state index contributed by atoms with van der Waals surface area (Å²) in [5, 5.41) is 14.4. The Morgan fingerprint density at radius 3 is 2.58 bits per heavy atom. The lowest BCUT2D eigenvalue weighted by molar-refractivity contribution is -0.777. The summed E-state index contributed by atoms with van der Waals surface area (Å²) in [5.74, 6) is 0.731. The molecule has 0 spiro atoms. The van der Waals surface area contributed by atoms with Gasteiger partial charge in [-0.1, -0.05) is 56.2 Å². The third-order valence-corrected chi connectivity index (χ3v) is 6.40. The largest absolute Gasteiger partial charge is 0.691 e. The van der Waals surface area contributed by atoms with Crippen LogP contribution in [0.3, 0.4) is 0 Å². The zero-order chi connectivity index (χ0) is 23.3. The van der Waals surface area contributed by atoms with E-state index in [9.17, 15) is 5.26 Å². The first kappa shape index (κ1) is 25.2. The molecule has 0 radical (unpaired) electrons. The van der Waals surface area contributed by atoms with Gasteiger partial charge in [0.25, 0.3) is 0 Å². The summed E-state index contributed by atoms with van der Waals surface area (Å²) < 4.78 is 6.60. The average Bonchev–Trinajstić information content (AvgIpc) is 2.85. The minimum atomic E-state index is 0.731. The van der Waals surface area contributed by atoms with Crippen LogP contribution in [0.25, 0.3) is 23.1 Å². The number of para-hydroxylation sites is 1. The number of hydrogen-bond donors (Lipinski definition) is 0. The molecule has 0 aliphatic heterocycles. The third-order valence-electron chi connectivity index (χ3n) is 5.80. The summed E-state index contributed by atoms with van der Waals surface area (Å²) >= 11 is 1.05. The van der Waals surface area contributed by atoms with Crippen LogP contribution in [0.15, 0.2) is 60.8 Å². The number of rotatable bonds is 14. The maximum Gasteiger partial charge on any atom is 0.213 e. The van der Waals surface area contributed by atoms with Crippen LogP contribution in [0.4, 0.5) is 5.69 Å². The number of benzene rings is 2. The van der Waals surface area contributed by atoms with Crippen LogP contribution in [0, 0.1) is 0 Å². The van der Waals surface area contributed by atoms with Crippen LogP contribution in [0.5, 0.6) is 0 Å². The zero-order valence-electron chi connectivity index (χ0n) is 19.6. The molecule has 5 nitrogen and oxygen atoms in total. The lowest BCUT2D eigenvalue weighted by Crippen LogP contribution is -2.34. The van der Waals surface area contributed by atoms with Crippen molar-refractivity contribution in [2.75, 3.05) is 24.2 Å². The highest BCUT2D eigenvalue weighted by Gasteiger charge is 2.10. The maximum absolute atomic E-state index is 9.84. The molecule has 1 aromatic heterocycles. The second kappa shape index (κ2) is 14.0. The molecule has 176 valence electrons. The molecule has 0 amide bonds. The van der Waals surface area contributed by atoms with Gasteiger partial charge in [0.05, 0.1) is 5.39 Å². The van der Waals surface area contributed by atoms with E-state index in [4.69, 9.17) is 0 Å². The van der Waals surface area contributed by atoms with Crippen LogP contribution in [-0.2, 0) is 15.9 Å². The van der Waals surface area contributed by atoms with Gasteiger partial charge >= 0.3 is 0 Å². The summed E-state index contributed by atoms with van der Waals surface area (Å²) in [4.78, 5) is 2.33.